The van der Waals surface area contributed by atoms with Crippen LogP contribution in [0.4, 0.5) is 5.82 Å². The molecular weight excluding hydrogens is 361 g/mol. The molecule has 3 rings (SSSR count). The van der Waals surface area contributed by atoms with Crippen LogP contribution in [0.5, 0.6) is 5.75 Å². The van der Waals surface area contributed by atoms with Crippen molar-refractivity contribution in [3.05, 3.63) is 76.4 Å². The first-order valence-corrected chi connectivity index (χ1v) is 8.31. The Morgan fingerprint density at radius 2 is 1.92 bits per heavy atom. The molecule has 0 aliphatic carbocycles. The number of aromatic nitrogens is 2. The van der Waals surface area contributed by atoms with Gasteiger partial charge in [-0.1, -0.05) is 53.5 Å². The fourth-order valence-electron chi connectivity index (χ4n) is 2.23. The van der Waals surface area contributed by atoms with Crippen LogP contribution in [0.15, 0.2) is 60.8 Å². The summed E-state index contributed by atoms with van der Waals surface area (Å²) < 4.78 is 7.14. The van der Waals surface area contributed by atoms with Crippen molar-refractivity contribution in [2.45, 2.75) is 6.54 Å². The predicted octanol–water partition coefficient (Wildman–Crippen LogP) is 4.26. The zero-order valence-corrected chi connectivity index (χ0v) is 14.7. The van der Waals surface area contributed by atoms with Crippen LogP contribution in [0, 0.1) is 0 Å². The van der Waals surface area contributed by atoms with Gasteiger partial charge in [0.15, 0.2) is 6.61 Å². The van der Waals surface area contributed by atoms with E-state index in [4.69, 9.17) is 27.9 Å². The highest BCUT2D eigenvalue weighted by atomic mass is 35.5. The molecule has 0 unspecified atom stereocenters. The Bertz CT molecular complexity index is 866. The molecule has 0 aliphatic rings. The second kappa shape index (κ2) is 8.05. The maximum Gasteiger partial charge on any atom is 0.263 e. The van der Waals surface area contributed by atoms with E-state index in [0.29, 0.717) is 28.2 Å². The number of hydrogen-bond donors (Lipinski definition) is 1. The summed E-state index contributed by atoms with van der Waals surface area (Å²) in [6.45, 7) is 0.376. The molecule has 0 saturated heterocycles. The fourth-order valence-corrected chi connectivity index (χ4v) is 2.57. The molecule has 0 fully saturated rings. The van der Waals surface area contributed by atoms with Crippen molar-refractivity contribution < 1.29 is 9.53 Å². The maximum absolute atomic E-state index is 12.1. The van der Waals surface area contributed by atoms with Gasteiger partial charge in [0.2, 0.25) is 0 Å². The van der Waals surface area contributed by atoms with Crippen LogP contribution in [0.1, 0.15) is 5.56 Å². The summed E-state index contributed by atoms with van der Waals surface area (Å²) in [4.78, 5) is 12.1. The van der Waals surface area contributed by atoms with Gasteiger partial charge in [-0.25, -0.2) is 4.68 Å². The first kappa shape index (κ1) is 17.3. The lowest BCUT2D eigenvalue weighted by atomic mass is 10.2. The molecule has 1 N–H and O–H groups in total. The van der Waals surface area contributed by atoms with Gasteiger partial charge >= 0.3 is 0 Å². The normalized spacial score (nSPS) is 10.5. The number of amides is 1. The van der Waals surface area contributed by atoms with E-state index in [-0.39, 0.29) is 12.5 Å². The number of ether oxygens (including phenoxy) is 1. The van der Waals surface area contributed by atoms with Gasteiger partial charge in [0.25, 0.3) is 5.91 Å². The van der Waals surface area contributed by atoms with E-state index in [0.717, 1.165) is 5.56 Å². The van der Waals surface area contributed by atoms with Crippen LogP contribution in [0.25, 0.3) is 0 Å². The molecule has 7 heteroatoms. The van der Waals surface area contributed by atoms with E-state index in [1.165, 1.54) is 0 Å². The smallest absolute Gasteiger partial charge is 0.263 e. The average Bonchev–Trinajstić information content (AvgIpc) is 3.03. The molecule has 25 heavy (non-hydrogen) atoms. The van der Waals surface area contributed by atoms with Gasteiger partial charge in [-0.2, -0.15) is 5.10 Å². The second-order valence-corrected chi connectivity index (χ2v) is 6.11. The minimum absolute atomic E-state index is 0.184. The molecule has 5 nitrogen and oxygen atoms in total. The largest absolute Gasteiger partial charge is 0.482 e. The summed E-state index contributed by atoms with van der Waals surface area (Å²) in [6, 6.07) is 16.4. The highest BCUT2D eigenvalue weighted by molar-refractivity contribution is 6.34. The summed E-state index contributed by atoms with van der Waals surface area (Å²) in [6.07, 6.45) is 1.63. The van der Waals surface area contributed by atoms with Crippen molar-refractivity contribution >= 4 is 34.9 Å². The Labute approximate surface area is 155 Å². The zero-order valence-electron chi connectivity index (χ0n) is 13.2. The lowest BCUT2D eigenvalue weighted by Gasteiger charge is -2.11. The average molecular weight is 376 g/mol. The minimum atomic E-state index is -0.314. The number of nitrogens with zero attached hydrogens (tertiary/aromatic N) is 2. The lowest BCUT2D eigenvalue weighted by molar-refractivity contribution is -0.118. The Kier molecular flexibility index (Phi) is 5.58. The Balaban J connectivity index is 1.60. The molecule has 0 saturated carbocycles. The molecule has 0 aliphatic heterocycles. The van der Waals surface area contributed by atoms with Crippen molar-refractivity contribution in [1.29, 1.82) is 0 Å². The summed E-state index contributed by atoms with van der Waals surface area (Å²) in [7, 11) is 0. The first-order valence-electron chi connectivity index (χ1n) is 7.55. The molecule has 1 heterocycles. The summed E-state index contributed by atoms with van der Waals surface area (Å²) in [5.74, 6) is 0.641. The monoisotopic (exact) mass is 375 g/mol. The SMILES string of the molecule is O=C(COc1cc(Cl)ccc1Cl)Nc1ccnn1Cc1ccccc1. The first-order chi connectivity index (χ1) is 12.1. The van der Waals surface area contributed by atoms with E-state index in [2.05, 4.69) is 10.4 Å². The molecule has 0 atom stereocenters. The highest BCUT2D eigenvalue weighted by Gasteiger charge is 2.10. The van der Waals surface area contributed by atoms with Crippen molar-refractivity contribution in [2.75, 3.05) is 11.9 Å². The number of nitrogens with one attached hydrogen (secondary N) is 1. The Hall–Kier alpha value is -2.50. The molecule has 3 aromatic rings. The van der Waals surface area contributed by atoms with E-state index in [1.807, 2.05) is 30.3 Å². The quantitative estimate of drug-likeness (QED) is 0.700. The maximum atomic E-state index is 12.1. The van der Waals surface area contributed by atoms with Gasteiger partial charge < -0.3 is 10.1 Å². The third-order valence-corrected chi connectivity index (χ3v) is 3.96. The fraction of sp³-hybridized carbons (Fsp3) is 0.111. The van der Waals surface area contributed by atoms with Crippen molar-refractivity contribution in [3.63, 3.8) is 0 Å². The van der Waals surface area contributed by atoms with E-state index in [1.54, 1.807) is 35.1 Å². The molecule has 2 aromatic carbocycles. The highest BCUT2D eigenvalue weighted by Crippen LogP contribution is 2.27. The van der Waals surface area contributed by atoms with Crippen LogP contribution >= 0.6 is 23.2 Å². The number of benzene rings is 2. The van der Waals surface area contributed by atoms with Crippen LogP contribution in [0.2, 0.25) is 10.0 Å². The summed E-state index contributed by atoms with van der Waals surface area (Å²) in [5.41, 5.74) is 1.09. The number of rotatable bonds is 6. The topological polar surface area (TPSA) is 56.1 Å². The number of anilines is 1. The van der Waals surface area contributed by atoms with Gasteiger partial charge in [-0.15, -0.1) is 0 Å². The molecular formula is C18H15Cl2N3O2. The van der Waals surface area contributed by atoms with Crippen LogP contribution in [-0.4, -0.2) is 22.3 Å². The molecule has 1 aromatic heterocycles. The predicted molar refractivity (Wildman–Crippen MR) is 98.4 cm³/mol. The number of carbonyl (C=O) groups is 1. The lowest BCUT2D eigenvalue weighted by Crippen LogP contribution is -2.22. The number of hydrogen-bond acceptors (Lipinski definition) is 3. The Morgan fingerprint density at radius 1 is 1.12 bits per heavy atom. The second-order valence-electron chi connectivity index (χ2n) is 5.27. The van der Waals surface area contributed by atoms with Gasteiger partial charge in [0.1, 0.15) is 11.6 Å². The number of carbonyl (C=O) groups excluding carboxylic acids is 1. The molecule has 0 bridgehead atoms. The molecule has 0 radical (unpaired) electrons. The zero-order chi connectivity index (χ0) is 17.6. The molecule has 128 valence electrons. The van der Waals surface area contributed by atoms with Gasteiger partial charge in [0.05, 0.1) is 17.8 Å². The van der Waals surface area contributed by atoms with Crippen LogP contribution in [-0.2, 0) is 11.3 Å². The minimum Gasteiger partial charge on any atom is -0.482 e. The summed E-state index contributed by atoms with van der Waals surface area (Å²) in [5, 5.41) is 7.89. The van der Waals surface area contributed by atoms with E-state index in [9.17, 15) is 4.79 Å². The molecule has 0 spiro atoms. The standard InChI is InChI=1S/C18H15Cl2N3O2/c19-14-6-7-15(20)16(10-14)25-12-18(24)22-17-8-9-21-23(17)11-13-4-2-1-3-5-13/h1-10H,11-12H2,(H,22,24). The van der Waals surface area contributed by atoms with E-state index >= 15 is 0 Å². The van der Waals surface area contributed by atoms with Crippen molar-refractivity contribution in [1.82, 2.24) is 9.78 Å². The van der Waals surface area contributed by atoms with Gasteiger partial charge in [0, 0.05) is 17.2 Å². The van der Waals surface area contributed by atoms with Crippen molar-refractivity contribution in [2.24, 2.45) is 0 Å². The van der Waals surface area contributed by atoms with Gasteiger partial charge in [-0.3, -0.25) is 4.79 Å². The van der Waals surface area contributed by atoms with Gasteiger partial charge in [-0.05, 0) is 17.7 Å². The van der Waals surface area contributed by atoms with Crippen LogP contribution in [0.3, 0.4) is 0 Å². The van der Waals surface area contributed by atoms with Crippen LogP contribution < -0.4 is 10.1 Å². The van der Waals surface area contributed by atoms with Crippen molar-refractivity contribution in [3.8, 4) is 5.75 Å². The Morgan fingerprint density at radius 3 is 2.72 bits per heavy atom. The third kappa shape index (κ3) is 4.75. The summed E-state index contributed by atoms with van der Waals surface area (Å²) >= 11 is 11.9. The third-order valence-electron chi connectivity index (χ3n) is 3.41. The van der Waals surface area contributed by atoms with E-state index < -0.39 is 0 Å². The number of halogens is 2. The molecule has 1 amide bonds.